The molecule has 0 aliphatic heterocycles. The SMILES string of the molecule is COc1ccc(-n2cnc([N+](=O)[O-])n2)cc1. The van der Waals surface area contributed by atoms with Crippen LogP contribution in [0, 0.1) is 10.1 Å². The average molecular weight is 220 g/mol. The minimum absolute atomic E-state index is 0.421. The fraction of sp³-hybridized carbons (Fsp3) is 0.111. The zero-order chi connectivity index (χ0) is 11.5. The molecule has 0 atom stereocenters. The highest BCUT2D eigenvalue weighted by Gasteiger charge is 2.13. The molecule has 2 rings (SSSR count). The molecule has 0 bridgehead atoms. The van der Waals surface area contributed by atoms with E-state index in [1.807, 2.05) is 0 Å². The number of benzene rings is 1. The van der Waals surface area contributed by atoms with Crippen molar-refractivity contribution >= 4 is 5.95 Å². The van der Waals surface area contributed by atoms with Crippen molar-refractivity contribution in [3.8, 4) is 11.4 Å². The summed E-state index contributed by atoms with van der Waals surface area (Å²) in [7, 11) is 1.56. The number of aromatic nitrogens is 3. The van der Waals surface area contributed by atoms with Gasteiger partial charge in [-0.05, 0) is 29.2 Å². The second-order valence-electron chi connectivity index (χ2n) is 2.94. The first-order chi connectivity index (χ1) is 7.70. The Kier molecular flexibility index (Phi) is 2.50. The smallest absolute Gasteiger partial charge is 0.491 e. The molecule has 0 radical (unpaired) electrons. The lowest BCUT2D eigenvalue weighted by Crippen LogP contribution is -1.96. The molecule has 16 heavy (non-hydrogen) atoms. The van der Waals surface area contributed by atoms with Crippen LogP contribution >= 0.6 is 0 Å². The van der Waals surface area contributed by atoms with Crippen molar-refractivity contribution in [2.24, 2.45) is 0 Å². The molecule has 0 aliphatic carbocycles. The van der Waals surface area contributed by atoms with Crippen LogP contribution in [0.4, 0.5) is 5.95 Å². The molecule has 0 saturated heterocycles. The molecule has 1 aromatic carbocycles. The molecule has 0 N–H and O–H groups in total. The number of rotatable bonds is 3. The van der Waals surface area contributed by atoms with Crippen molar-refractivity contribution in [1.29, 1.82) is 0 Å². The standard InChI is InChI=1S/C9H8N4O3/c1-16-8-4-2-7(3-5-8)12-6-10-9(11-12)13(14)15/h2-6H,1H3. The average Bonchev–Trinajstić information content (AvgIpc) is 2.78. The van der Waals surface area contributed by atoms with Gasteiger partial charge in [0.25, 0.3) is 0 Å². The fourth-order valence-electron chi connectivity index (χ4n) is 1.20. The Balaban J connectivity index is 2.31. The molecule has 0 spiro atoms. The highest BCUT2D eigenvalue weighted by Crippen LogP contribution is 2.14. The summed E-state index contributed by atoms with van der Waals surface area (Å²) >= 11 is 0. The zero-order valence-corrected chi connectivity index (χ0v) is 8.40. The largest absolute Gasteiger partial charge is 0.497 e. The van der Waals surface area contributed by atoms with Crippen LogP contribution in [-0.2, 0) is 0 Å². The molecule has 1 aromatic heterocycles. The van der Waals surface area contributed by atoms with Crippen molar-refractivity contribution in [2.45, 2.75) is 0 Å². The Morgan fingerprint density at radius 1 is 1.38 bits per heavy atom. The van der Waals surface area contributed by atoms with E-state index in [-0.39, 0.29) is 0 Å². The molecule has 1 heterocycles. The maximum absolute atomic E-state index is 10.4. The molecule has 7 heteroatoms. The molecular formula is C9H8N4O3. The maximum atomic E-state index is 10.4. The summed E-state index contributed by atoms with van der Waals surface area (Å²) in [5.74, 6) is 0.286. The summed E-state index contributed by atoms with van der Waals surface area (Å²) < 4.78 is 6.33. The zero-order valence-electron chi connectivity index (χ0n) is 8.40. The second kappa shape index (κ2) is 3.97. The van der Waals surface area contributed by atoms with Crippen LogP contribution in [0.5, 0.6) is 5.75 Å². The van der Waals surface area contributed by atoms with Gasteiger partial charge in [0.1, 0.15) is 5.75 Å². The van der Waals surface area contributed by atoms with E-state index in [1.165, 1.54) is 11.0 Å². The van der Waals surface area contributed by atoms with Gasteiger partial charge < -0.3 is 14.9 Å². The maximum Gasteiger partial charge on any atom is 0.491 e. The predicted molar refractivity (Wildman–Crippen MR) is 54.6 cm³/mol. The summed E-state index contributed by atoms with van der Waals surface area (Å²) in [4.78, 5) is 13.3. The molecule has 0 saturated carbocycles. The normalized spacial score (nSPS) is 10.1. The van der Waals surface area contributed by atoms with Gasteiger partial charge in [-0.2, -0.15) is 0 Å². The number of nitro groups is 1. The number of methoxy groups -OCH3 is 1. The second-order valence-corrected chi connectivity index (χ2v) is 2.94. The van der Waals surface area contributed by atoms with Gasteiger partial charge in [0.15, 0.2) is 0 Å². The lowest BCUT2D eigenvalue weighted by atomic mass is 10.3. The van der Waals surface area contributed by atoms with Crippen LogP contribution in [0.1, 0.15) is 0 Å². The van der Waals surface area contributed by atoms with Gasteiger partial charge in [-0.3, -0.25) is 0 Å². The molecule has 7 nitrogen and oxygen atoms in total. The quantitative estimate of drug-likeness (QED) is 0.573. The number of hydrogen-bond acceptors (Lipinski definition) is 5. The topological polar surface area (TPSA) is 83.1 Å². The first kappa shape index (κ1) is 10.1. The first-order valence-electron chi connectivity index (χ1n) is 4.41. The van der Waals surface area contributed by atoms with Crippen molar-refractivity contribution in [3.63, 3.8) is 0 Å². The van der Waals surface area contributed by atoms with Gasteiger partial charge in [0, 0.05) is 5.10 Å². The van der Waals surface area contributed by atoms with E-state index < -0.39 is 10.9 Å². The van der Waals surface area contributed by atoms with Gasteiger partial charge in [-0.25, -0.2) is 0 Å². The van der Waals surface area contributed by atoms with Crippen LogP contribution in [0.15, 0.2) is 30.6 Å². The minimum atomic E-state index is -0.639. The molecule has 0 unspecified atom stereocenters. The van der Waals surface area contributed by atoms with E-state index in [1.54, 1.807) is 31.4 Å². The summed E-state index contributed by atoms with van der Waals surface area (Å²) in [6, 6.07) is 6.94. The van der Waals surface area contributed by atoms with E-state index in [2.05, 4.69) is 10.1 Å². The Bertz CT molecular complexity index is 506. The lowest BCUT2D eigenvalue weighted by molar-refractivity contribution is -0.394. The Labute approximate surface area is 90.4 Å². The summed E-state index contributed by atoms with van der Waals surface area (Å²) in [6.45, 7) is 0. The van der Waals surface area contributed by atoms with Crippen molar-refractivity contribution in [1.82, 2.24) is 14.8 Å². The van der Waals surface area contributed by atoms with Gasteiger partial charge in [-0.1, -0.05) is 4.98 Å². The monoisotopic (exact) mass is 220 g/mol. The van der Waals surface area contributed by atoms with Crippen LogP contribution in [-0.4, -0.2) is 26.8 Å². The highest BCUT2D eigenvalue weighted by atomic mass is 16.6. The van der Waals surface area contributed by atoms with Crippen LogP contribution in [0.3, 0.4) is 0 Å². The molecule has 2 aromatic rings. The third kappa shape index (κ3) is 1.83. The van der Waals surface area contributed by atoms with Crippen molar-refractivity contribution in [2.75, 3.05) is 7.11 Å². The van der Waals surface area contributed by atoms with E-state index in [0.29, 0.717) is 11.4 Å². The van der Waals surface area contributed by atoms with E-state index in [0.717, 1.165) is 0 Å². The molecule has 0 fully saturated rings. The molecule has 0 amide bonds. The van der Waals surface area contributed by atoms with Crippen molar-refractivity contribution < 1.29 is 9.66 Å². The summed E-state index contributed by atoms with van der Waals surface area (Å²) in [5.41, 5.74) is 0.682. The van der Waals surface area contributed by atoms with Gasteiger partial charge in [-0.15, -0.1) is 4.68 Å². The van der Waals surface area contributed by atoms with Crippen LogP contribution < -0.4 is 4.74 Å². The Morgan fingerprint density at radius 2 is 2.06 bits per heavy atom. The van der Waals surface area contributed by atoms with E-state index in [4.69, 9.17) is 4.74 Å². The number of nitrogens with zero attached hydrogens (tertiary/aromatic N) is 4. The lowest BCUT2D eigenvalue weighted by Gasteiger charge is -1.99. The number of hydrogen-bond donors (Lipinski definition) is 0. The van der Waals surface area contributed by atoms with E-state index >= 15 is 0 Å². The summed E-state index contributed by atoms with van der Waals surface area (Å²) in [5, 5.41) is 14.1. The van der Waals surface area contributed by atoms with Gasteiger partial charge >= 0.3 is 5.95 Å². The molecular weight excluding hydrogens is 212 g/mol. The Hall–Kier alpha value is -2.44. The molecule has 0 aliphatic rings. The number of ether oxygens (including phenoxy) is 1. The van der Waals surface area contributed by atoms with Gasteiger partial charge in [0.2, 0.25) is 6.33 Å². The van der Waals surface area contributed by atoms with Crippen LogP contribution in [0.2, 0.25) is 0 Å². The van der Waals surface area contributed by atoms with E-state index in [9.17, 15) is 10.1 Å². The van der Waals surface area contributed by atoms with Gasteiger partial charge in [0.05, 0.1) is 12.8 Å². The van der Waals surface area contributed by atoms with Crippen molar-refractivity contribution in [3.05, 3.63) is 40.7 Å². The third-order valence-corrected chi connectivity index (χ3v) is 1.98. The Morgan fingerprint density at radius 3 is 2.56 bits per heavy atom. The minimum Gasteiger partial charge on any atom is -0.497 e. The summed E-state index contributed by atoms with van der Waals surface area (Å²) in [6.07, 6.45) is 1.29. The third-order valence-electron chi connectivity index (χ3n) is 1.98. The predicted octanol–water partition coefficient (Wildman–Crippen LogP) is 1.18. The van der Waals surface area contributed by atoms with Crippen LogP contribution in [0.25, 0.3) is 5.69 Å². The fourth-order valence-corrected chi connectivity index (χ4v) is 1.20. The highest BCUT2D eigenvalue weighted by molar-refractivity contribution is 5.36. The first-order valence-corrected chi connectivity index (χ1v) is 4.41. The molecule has 82 valence electrons.